The lowest BCUT2D eigenvalue weighted by Gasteiger charge is -2.08. The first-order chi connectivity index (χ1) is 14.8. The van der Waals surface area contributed by atoms with Crippen LogP contribution in [-0.4, -0.2) is 30.7 Å². The molecule has 9 heteroatoms. The van der Waals surface area contributed by atoms with Crippen LogP contribution in [0, 0.1) is 25.2 Å². The third-order valence-corrected chi connectivity index (χ3v) is 6.30. The van der Waals surface area contributed by atoms with Gasteiger partial charge in [-0.2, -0.15) is 10.4 Å². The van der Waals surface area contributed by atoms with E-state index in [-0.39, 0.29) is 23.8 Å². The van der Waals surface area contributed by atoms with E-state index in [0.717, 1.165) is 22.6 Å². The topological polar surface area (TPSA) is 117 Å². The molecule has 160 valence electrons. The van der Waals surface area contributed by atoms with Crippen LogP contribution in [0.1, 0.15) is 33.7 Å². The zero-order valence-electron chi connectivity index (χ0n) is 17.3. The van der Waals surface area contributed by atoms with Gasteiger partial charge in [0.05, 0.1) is 22.3 Å². The van der Waals surface area contributed by atoms with Gasteiger partial charge < -0.3 is 5.32 Å². The zero-order valence-corrected chi connectivity index (χ0v) is 18.1. The molecule has 8 nitrogen and oxygen atoms in total. The minimum Gasteiger partial charge on any atom is -0.348 e. The van der Waals surface area contributed by atoms with E-state index in [4.69, 9.17) is 5.26 Å². The van der Waals surface area contributed by atoms with Crippen LogP contribution in [0.4, 0.5) is 0 Å². The predicted molar refractivity (Wildman–Crippen MR) is 116 cm³/mol. The number of hydrogen-bond acceptors (Lipinski definition) is 5. The van der Waals surface area contributed by atoms with Crippen molar-refractivity contribution >= 4 is 15.9 Å². The number of nitrogens with one attached hydrogen (secondary N) is 2. The summed E-state index contributed by atoms with van der Waals surface area (Å²) in [6.45, 7) is 4.19. The number of hydrogen-bond donors (Lipinski definition) is 2. The molecule has 1 aromatic heterocycles. The summed E-state index contributed by atoms with van der Waals surface area (Å²) < 4.78 is 28.5. The Hall–Kier alpha value is -3.48. The minimum absolute atomic E-state index is 0.0381. The van der Waals surface area contributed by atoms with Crippen molar-refractivity contribution in [2.45, 2.75) is 31.7 Å². The first-order valence-corrected chi connectivity index (χ1v) is 11.2. The summed E-state index contributed by atoms with van der Waals surface area (Å²) in [5, 5.41) is 16.0. The van der Waals surface area contributed by atoms with Crippen LogP contribution in [0.25, 0.3) is 5.69 Å². The molecule has 3 aromatic rings. The molecular formula is C22H23N5O3S. The lowest BCUT2D eigenvalue weighted by Crippen LogP contribution is -2.25. The Labute approximate surface area is 181 Å². The lowest BCUT2D eigenvalue weighted by molar-refractivity contribution is 0.0950. The summed E-state index contributed by atoms with van der Waals surface area (Å²) in [5.74, 6) is -0.312. The van der Waals surface area contributed by atoms with Crippen LogP contribution in [0.2, 0.25) is 0 Å². The van der Waals surface area contributed by atoms with Gasteiger partial charge in [-0.25, -0.2) is 17.8 Å². The standard InChI is InChI=1S/C22H23N5O3S/c1-16-21(17(2)27(26-16)19-7-4-3-5-8-19)15-24-22(28)18-9-11-20(12-10-18)31(29,30)25-14-6-13-23/h3-5,7-12,25H,6,14-15H2,1-2H3,(H,24,28). The van der Waals surface area contributed by atoms with Crippen molar-refractivity contribution in [3.8, 4) is 11.8 Å². The van der Waals surface area contributed by atoms with Crippen LogP contribution in [0.15, 0.2) is 59.5 Å². The highest BCUT2D eigenvalue weighted by atomic mass is 32.2. The van der Waals surface area contributed by atoms with Gasteiger partial charge in [0.25, 0.3) is 5.91 Å². The molecule has 0 bridgehead atoms. The van der Waals surface area contributed by atoms with Gasteiger partial charge in [0.2, 0.25) is 10.0 Å². The van der Waals surface area contributed by atoms with Crippen molar-refractivity contribution in [3.63, 3.8) is 0 Å². The molecule has 0 aliphatic heterocycles. The summed E-state index contributed by atoms with van der Waals surface area (Å²) in [6.07, 6.45) is 0.0827. The maximum Gasteiger partial charge on any atom is 0.251 e. The smallest absolute Gasteiger partial charge is 0.251 e. The second kappa shape index (κ2) is 9.55. The summed E-state index contributed by atoms with van der Waals surface area (Å²) in [4.78, 5) is 12.6. The number of nitrogens with zero attached hydrogens (tertiary/aromatic N) is 3. The first kappa shape index (κ1) is 22.2. The van der Waals surface area contributed by atoms with Crippen molar-refractivity contribution in [1.82, 2.24) is 19.8 Å². The van der Waals surface area contributed by atoms with Gasteiger partial charge in [-0.1, -0.05) is 18.2 Å². The maximum atomic E-state index is 12.5. The Balaban J connectivity index is 1.68. The fourth-order valence-corrected chi connectivity index (χ4v) is 4.16. The molecule has 1 amide bonds. The van der Waals surface area contributed by atoms with Gasteiger partial charge in [0, 0.05) is 36.3 Å². The van der Waals surface area contributed by atoms with Crippen molar-refractivity contribution in [2.75, 3.05) is 6.54 Å². The Bertz CT molecular complexity index is 1210. The van der Waals surface area contributed by atoms with Gasteiger partial charge in [-0.15, -0.1) is 0 Å². The summed E-state index contributed by atoms with van der Waals surface area (Å²) >= 11 is 0. The third kappa shape index (κ3) is 5.17. The Morgan fingerprint density at radius 3 is 2.42 bits per heavy atom. The molecule has 0 aliphatic carbocycles. The van der Waals surface area contributed by atoms with E-state index in [2.05, 4.69) is 15.1 Å². The Morgan fingerprint density at radius 1 is 1.10 bits per heavy atom. The molecule has 0 unspecified atom stereocenters. The fourth-order valence-electron chi connectivity index (χ4n) is 3.13. The second-order valence-electron chi connectivity index (χ2n) is 6.91. The minimum atomic E-state index is -3.71. The monoisotopic (exact) mass is 437 g/mol. The van der Waals surface area contributed by atoms with Crippen LogP contribution in [0.5, 0.6) is 0 Å². The normalized spacial score (nSPS) is 11.1. The molecule has 0 spiro atoms. The van der Waals surface area contributed by atoms with Gasteiger partial charge in [-0.05, 0) is 50.2 Å². The maximum absolute atomic E-state index is 12.5. The number of aromatic nitrogens is 2. The predicted octanol–water partition coefficient (Wildman–Crippen LogP) is 2.61. The Morgan fingerprint density at radius 2 is 1.77 bits per heavy atom. The molecule has 1 heterocycles. The first-order valence-electron chi connectivity index (χ1n) is 9.69. The number of sulfonamides is 1. The molecular weight excluding hydrogens is 414 g/mol. The molecule has 0 aliphatic rings. The molecule has 0 saturated heterocycles. The van der Waals surface area contributed by atoms with Gasteiger partial charge >= 0.3 is 0 Å². The molecule has 0 radical (unpaired) electrons. The van der Waals surface area contributed by atoms with E-state index in [0.29, 0.717) is 12.1 Å². The molecule has 31 heavy (non-hydrogen) atoms. The molecule has 2 N–H and O–H groups in total. The lowest BCUT2D eigenvalue weighted by atomic mass is 10.1. The number of benzene rings is 2. The molecule has 2 aromatic carbocycles. The van der Waals surface area contributed by atoms with Crippen LogP contribution >= 0.6 is 0 Å². The highest BCUT2D eigenvalue weighted by Crippen LogP contribution is 2.18. The fraction of sp³-hybridized carbons (Fsp3) is 0.227. The number of nitriles is 1. The van der Waals surface area contributed by atoms with Crippen molar-refractivity contribution in [2.24, 2.45) is 0 Å². The van der Waals surface area contributed by atoms with E-state index < -0.39 is 10.0 Å². The molecule has 3 rings (SSSR count). The summed E-state index contributed by atoms with van der Waals surface area (Å²) in [7, 11) is -3.71. The second-order valence-corrected chi connectivity index (χ2v) is 8.68. The van der Waals surface area contributed by atoms with Gasteiger partial charge in [0.1, 0.15) is 0 Å². The van der Waals surface area contributed by atoms with Crippen LogP contribution in [0.3, 0.4) is 0 Å². The molecule has 0 saturated carbocycles. The highest BCUT2D eigenvalue weighted by molar-refractivity contribution is 7.89. The summed E-state index contributed by atoms with van der Waals surface area (Å²) in [6, 6.07) is 17.3. The number of carbonyl (C=O) groups is 1. The van der Waals surface area contributed by atoms with Crippen molar-refractivity contribution in [1.29, 1.82) is 5.26 Å². The third-order valence-electron chi connectivity index (χ3n) is 4.82. The number of carbonyl (C=O) groups excluding carboxylic acids is 1. The number of para-hydroxylation sites is 1. The van der Waals surface area contributed by atoms with E-state index in [1.807, 2.05) is 54.9 Å². The number of rotatable bonds is 8. The van der Waals surface area contributed by atoms with Crippen LogP contribution < -0.4 is 10.0 Å². The average molecular weight is 438 g/mol. The van der Waals surface area contributed by atoms with Crippen LogP contribution in [-0.2, 0) is 16.6 Å². The van der Waals surface area contributed by atoms with Crippen molar-refractivity contribution in [3.05, 3.63) is 77.1 Å². The van der Waals surface area contributed by atoms with Crippen molar-refractivity contribution < 1.29 is 13.2 Å². The average Bonchev–Trinajstić information content (AvgIpc) is 3.06. The number of aryl methyl sites for hydroxylation is 1. The van der Waals surface area contributed by atoms with Gasteiger partial charge in [0.15, 0.2) is 0 Å². The quantitative estimate of drug-likeness (QED) is 0.526. The molecule has 0 fully saturated rings. The Kier molecular flexibility index (Phi) is 6.84. The highest BCUT2D eigenvalue weighted by Gasteiger charge is 2.16. The van der Waals surface area contributed by atoms with E-state index in [1.54, 1.807) is 0 Å². The zero-order chi connectivity index (χ0) is 22.4. The van der Waals surface area contributed by atoms with E-state index in [1.165, 1.54) is 24.3 Å². The van der Waals surface area contributed by atoms with E-state index in [9.17, 15) is 13.2 Å². The molecule has 0 atom stereocenters. The van der Waals surface area contributed by atoms with E-state index >= 15 is 0 Å². The largest absolute Gasteiger partial charge is 0.348 e. The number of amides is 1. The summed E-state index contributed by atoms with van der Waals surface area (Å²) in [5.41, 5.74) is 3.99. The van der Waals surface area contributed by atoms with Gasteiger partial charge in [-0.3, -0.25) is 4.79 Å². The SMILES string of the molecule is Cc1nn(-c2ccccc2)c(C)c1CNC(=O)c1ccc(S(=O)(=O)NCCC#N)cc1.